The second kappa shape index (κ2) is 31.1. The summed E-state index contributed by atoms with van der Waals surface area (Å²) < 4.78 is 26.5. The molecule has 4 aromatic carbocycles. The van der Waals surface area contributed by atoms with Crippen molar-refractivity contribution in [2.24, 2.45) is 23.7 Å². The van der Waals surface area contributed by atoms with Crippen LogP contribution in [0.5, 0.6) is 0 Å². The predicted molar refractivity (Wildman–Crippen MR) is 381 cm³/mol. The van der Waals surface area contributed by atoms with Crippen molar-refractivity contribution in [1.29, 1.82) is 0 Å². The molecule has 2 fully saturated rings. The van der Waals surface area contributed by atoms with E-state index in [0.717, 1.165) is 60.6 Å². The minimum Gasteiger partial charge on any atom is -0.423 e. The summed E-state index contributed by atoms with van der Waals surface area (Å²) in [4.78, 5) is 0. The summed E-state index contributed by atoms with van der Waals surface area (Å²) in [6.45, 7) is 42.0. The van der Waals surface area contributed by atoms with Crippen LogP contribution in [-0.4, -0.2) is 92.4 Å². The molecule has 4 aromatic rings. The van der Waals surface area contributed by atoms with Crippen LogP contribution in [0.15, 0.2) is 72.8 Å². The molecule has 2 aliphatic carbocycles. The molecular weight excluding hydrogens is 1120 g/mol. The molecule has 10 nitrogen and oxygen atoms in total. The lowest BCUT2D eigenvalue weighted by Crippen LogP contribution is -2.44. The van der Waals surface area contributed by atoms with Gasteiger partial charge in [-0.3, -0.25) is 0 Å². The van der Waals surface area contributed by atoms with Gasteiger partial charge in [0, 0.05) is 10.8 Å². The first-order valence-corrected chi connectivity index (χ1v) is 35.6. The molecule has 2 aliphatic heterocycles. The minimum atomic E-state index is -1.51. The third kappa shape index (κ3) is 16.9. The summed E-state index contributed by atoms with van der Waals surface area (Å²) in [5, 5.41) is 58.4. The molecule has 2 saturated heterocycles. The highest BCUT2D eigenvalue weighted by Crippen LogP contribution is 2.58. The Kier molecular flexibility index (Phi) is 26.2. The molecule has 4 unspecified atom stereocenters. The highest BCUT2D eigenvalue weighted by atomic mass is 16.7. The van der Waals surface area contributed by atoms with Crippen LogP contribution in [0.2, 0.25) is 0 Å². The van der Waals surface area contributed by atoms with Crippen LogP contribution in [0.1, 0.15) is 289 Å². The molecule has 0 aromatic heterocycles. The zero-order valence-corrected chi connectivity index (χ0v) is 60.0. The van der Waals surface area contributed by atoms with Crippen molar-refractivity contribution >= 4 is 50.3 Å². The minimum absolute atomic E-state index is 0.104. The summed E-state index contributed by atoms with van der Waals surface area (Å²) in [6.07, 6.45) is 23.6. The Balaban J connectivity index is 0.000000264. The molecule has 0 saturated carbocycles. The van der Waals surface area contributed by atoms with Crippen molar-refractivity contribution in [1.82, 2.24) is 0 Å². The molecule has 498 valence electrons. The number of hydrogen-bond donors (Lipinski definition) is 6. The SMILES string of the molecule is CC(C)(O)C(C)(C)O.CCCCC(CC)CC1(CC(CC)CCCC)c2cc(B(O)O)ccc2-c2ccc(B(O)O)cc21.CCCCC(CC)CC1(CC(CC)CCCC)c2cc(B3OC(C)(C)C(C)(C)O3)ccc2-c2ccc(B3OC(C)(C)C(C)(C)O3)cc21. The molecule has 6 N–H and O–H groups in total. The van der Waals surface area contributed by atoms with Gasteiger partial charge < -0.3 is 48.9 Å². The fraction of sp³-hybridized carbons (Fsp3) is 0.684. The lowest BCUT2D eigenvalue weighted by atomic mass is 9.63. The van der Waals surface area contributed by atoms with Crippen LogP contribution >= 0.6 is 0 Å². The molecule has 90 heavy (non-hydrogen) atoms. The third-order valence-corrected chi connectivity index (χ3v) is 22.7. The van der Waals surface area contributed by atoms with Crippen LogP contribution in [0, 0.1) is 23.7 Å². The van der Waals surface area contributed by atoms with E-state index in [-0.39, 0.29) is 47.5 Å². The molecule has 8 rings (SSSR count). The quantitative estimate of drug-likeness (QED) is 0.0289. The average molecular weight is 1240 g/mol. The van der Waals surface area contributed by atoms with Crippen LogP contribution in [0.25, 0.3) is 22.3 Å². The standard InChI is InChI=1S/C41H64B2O4.C29H44B2O4.C6H14O2/c1-13-17-19-29(15-3)27-41(28-30(16-4)20-18-14-2)35-25-31(42-44-37(5,6)38(7,8)45-42)21-23-33(35)34-24-22-32(26-36(34)41)43-46-39(9,10)40(11,12)47-43;1-5-9-11-21(7-3)19-29(20-22(8-4)12-10-6-2)27-17-23(30(32)33)13-15-25(27)26-16-14-24(31(34)35)18-28(26)29;1-5(2,7)6(3,4)8/h21-26,29-30H,13-20,27-28H2,1-12H3;13-18,21-22,32-35H,5-12,19-20H2,1-4H3;7-8H,1-4H3. The number of benzene rings is 4. The van der Waals surface area contributed by atoms with Gasteiger partial charge in [-0.05, 0) is 199 Å². The largest absolute Gasteiger partial charge is 0.494 e. The highest BCUT2D eigenvalue weighted by Gasteiger charge is 2.55. The van der Waals surface area contributed by atoms with E-state index >= 15 is 0 Å². The second-order valence-electron chi connectivity index (χ2n) is 30.9. The Morgan fingerprint density at radius 2 is 0.611 bits per heavy atom. The number of rotatable bonds is 29. The Labute approximate surface area is 548 Å². The first-order valence-electron chi connectivity index (χ1n) is 35.6. The first-order chi connectivity index (χ1) is 42.1. The fourth-order valence-electron chi connectivity index (χ4n) is 14.4. The van der Waals surface area contributed by atoms with Crippen molar-refractivity contribution in [2.75, 3.05) is 0 Å². The molecular formula is C76H122B4O10. The van der Waals surface area contributed by atoms with Crippen LogP contribution in [0.3, 0.4) is 0 Å². The highest BCUT2D eigenvalue weighted by molar-refractivity contribution is 6.63. The predicted octanol–water partition coefficient (Wildman–Crippen LogP) is 14.8. The number of hydrogen-bond acceptors (Lipinski definition) is 10. The Hall–Kier alpha value is -3.26. The molecule has 4 atom stereocenters. The molecule has 4 aliphatic rings. The molecule has 14 heteroatoms. The van der Waals surface area contributed by atoms with E-state index in [1.165, 1.54) is 123 Å². The van der Waals surface area contributed by atoms with Gasteiger partial charge in [-0.25, -0.2) is 0 Å². The summed E-state index contributed by atoms with van der Waals surface area (Å²) >= 11 is 0. The van der Waals surface area contributed by atoms with Gasteiger partial charge in [-0.2, -0.15) is 0 Å². The van der Waals surface area contributed by atoms with Gasteiger partial charge >= 0.3 is 28.5 Å². The Morgan fingerprint density at radius 3 is 0.822 bits per heavy atom. The van der Waals surface area contributed by atoms with Gasteiger partial charge in [0.1, 0.15) is 0 Å². The smallest absolute Gasteiger partial charge is 0.423 e. The number of fused-ring (bicyclic) bond motifs is 6. The second-order valence-corrected chi connectivity index (χ2v) is 30.9. The molecule has 0 radical (unpaired) electrons. The van der Waals surface area contributed by atoms with Crippen LogP contribution in [-0.2, 0) is 29.4 Å². The van der Waals surface area contributed by atoms with E-state index in [4.69, 9.17) is 28.8 Å². The number of aliphatic hydroxyl groups is 2. The van der Waals surface area contributed by atoms with Gasteiger partial charge in [0.05, 0.1) is 33.6 Å². The van der Waals surface area contributed by atoms with Gasteiger partial charge in [0.25, 0.3) is 0 Å². The number of unbranched alkanes of at least 4 members (excludes halogenated alkanes) is 4. The molecule has 0 bridgehead atoms. The van der Waals surface area contributed by atoms with Gasteiger partial charge in [-0.15, -0.1) is 0 Å². The molecule has 0 amide bonds. The maximum absolute atomic E-state index is 10.0. The Morgan fingerprint density at radius 1 is 0.378 bits per heavy atom. The van der Waals surface area contributed by atoms with E-state index < -0.39 is 25.4 Å². The molecule has 0 spiro atoms. The van der Waals surface area contributed by atoms with Gasteiger partial charge in [-0.1, -0.05) is 231 Å². The van der Waals surface area contributed by atoms with Crippen molar-refractivity contribution in [3.63, 3.8) is 0 Å². The third-order valence-electron chi connectivity index (χ3n) is 22.7. The normalized spacial score (nSPS) is 19.1. The zero-order valence-electron chi connectivity index (χ0n) is 60.0. The maximum Gasteiger partial charge on any atom is 0.494 e. The van der Waals surface area contributed by atoms with Gasteiger partial charge in [0.2, 0.25) is 0 Å². The van der Waals surface area contributed by atoms with Crippen molar-refractivity contribution in [3.8, 4) is 22.3 Å². The van der Waals surface area contributed by atoms with Gasteiger partial charge in [0.15, 0.2) is 0 Å². The van der Waals surface area contributed by atoms with Crippen molar-refractivity contribution in [3.05, 3.63) is 95.1 Å². The summed E-state index contributed by atoms with van der Waals surface area (Å²) in [6, 6.07) is 25.9. The maximum atomic E-state index is 10.0. The molecule has 2 heterocycles. The van der Waals surface area contributed by atoms with Crippen LogP contribution < -0.4 is 21.9 Å². The fourth-order valence-corrected chi connectivity index (χ4v) is 14.4. The lowest BCUT2D eigenvalue weighted by Gasteiger charge is -2.39. The Bertz CT molecular complexity index is 2690. The van der Waals surface area contributed by atoms with E-state index in [9.17, 15) is 20.1 Å². The van der Waals surface area contributed by atoms with E-state index in [0.29, 0.717) is 34.6 Å². The van der Waals surface area contributed by atoms with Crippen molar-refractivity contribution in [2.45, 2.75) is 311 Å². The van der Waals surface area contributed by atoms with Crippen LogP contribution in [0.4, 0.5) is 0 Å². The first kappa shape index (κ1) is 75.8. The van der Waals surface area contributed by atoms with Crippen molar-refractivity contribution < 1.29 is 48.9 Å². The summed E-state index contributed by atoms with van der Waals surface area (Å²) in [5.74, 6) is 2.39. The van der Waals surface area contributed by atoms with E-state index in [1.807, 2.05) is 24.3 Å². The topological polar surface area (TPSA) is 158 Å². The summed E-state index contributed by atoms with van der Waals surface area (Å²) in [7, 11) is -3.78. The van der Waals surface area contributed by atoms with E-state index in [2.05, 4.69) is 147 Å². The zero-order chi connectivity index (χ0) is 67.0. The van der Waals surface area contributed by atoms with E-state index in [1.54, 1.807) is 39.8 Å². The lowest BCUT2D eigenvalue weighted by molar-refractivity contribution is -0.107. The average Bonchev–Trinajstić information content (AvgIpc) is 1.56. The monoisotopic (exact) mass is 1240 g/mol. The summed E-state index contributed by atoms with van der Waals surface area (Å²) in [5.41, 5.74) is 9.68.